The van der Waals surface area contributed by atoms with Gasteiger partial charge in [-0.2, -0.15) is 4.98 Å². The van der Waals surface area contributed by atoms with Crippen LogP contribution in [0, 0.1) is 0 Å². The van der Waals surface area contributed by atoms with E-state index in [4.69, 9.17) is 10.3 Å². The van der Waals surface area contributed by atoms with Crippen LogP contribution in [0.25, 0.3) is 11.5 Å². The lowest BCUT2D eigenvalue weighted by atomic mass is 10.1. The zero-order chi connectivity index (χ0) is 15.8. The topological polar surface area (TPSA) is 89.3 Å². The molecule has 6 nitrogen and oxygen atoms in total. The van der Waals surface area contributed by atoms with Crippen LogP contribution in [0.3, 0.4) is 0 Å². The largest absolute Gasteiger partial charge is 0.370 e. The summed E-state index contributed by atoms with van der Waals surface area (Å²) in [5.74, 6) is 1.80. The lowest BCUT2D eigenvalue weighted by Gasteiger charge is -2.06. The number of rotatable bonds is 7. The van der Waals surface area contributed by atoms with Gasteiger partial charge in [0.05, 0.1) is 0 Å². The molecular formula is C16H24IN5O. The first-order chi connectivity index (χ1) is 10.7. The maximum Gasteiger partial charge on any atom is 0.257 e. The Bertz CT molecular complexity index is 609. The van der Waals surface area contributed by atoms with E-state index in [-0.39, 0.29) is 24.0 Å². The molecule has 2 rings (SSSR count). The van der Waals surface area contributed by atoms with Gasteiger partial charge >= 0.3 is 0 Å². The number of halogens is 1. The Kier molecular flexibility index (Phi) is 8.60. The number of hydrogen-bond donors (Lipinski definition) is 2. The monoisotopic (exact) mass is 429 g/mol. The second-order valence-corrected chi connectivity index (χ2v) is 5.01. The number of nitrogens with two attached hydrogens (primary N) is 1. The number of hydrogen-bond acceptors (Lipinski definition) is 4. The Labute approximate surface area is 154 Å². The minimum atomic E-state index is 0. The van der Waals surface area contributed by atoms with Gasteiger partial charge in [0, 0.05) is 25.1 Å². The molecule has 7 heteroatoms. The third kappa shape index (κ3) is 6.17. The highest BCUT2D eigenvalue weighted by molar-refractivity contribution is 14.0. The summed E-state index contributed by atoms with van der Waals surface area (Å²) in [5.41, 5.74) is 7.91. The molecule has 2 aromatic rings. The van der Waals surface area contributed by atoms with Gasteiger partial charge in [-0.1, -0.05) is 31.1 Å². The number of benzene rings is 1. The summed E-state index contributed by atoms with van der Waals surface area (Å²) in [6, 6.07) is 8.12. The molecule has 1 heterocycles. The highest BCUT2D eigenvalue weighted by Gasteiger charge is 2.07. The summed E-state index contributed by atoms with van der Waals surface area (Å²) in [5, 5.41) is 7.01. The standard InChI is InChI=1S/C16H23N5O.HI/c1-3-10-18-16(17)19-11-9-12-5-7-13(8-6-12)15-20-14(4-2)21-22-15;/h5-8H,3-4,9-11H2,1-2H3,(H3,17,18,19);1H. The maximum absolute atomic E-state index is 5.75. The van der Waals surface area contributed by atoms with Crippen molar-refractivity contribution < 1.29 is 4.52 Å². The molecule has 0 unspecified atom stereocenters. The zero-order valence-corrected chi connectivity index (χ0v) is 15.9. The molecule has 0 fully saturated rings. The van der Waals surface area contributed by atoms with Crippen LogP contribution in [-0.2, 0) is 12.8 Å². The Balaban J connectivity index is 0.00000264. The van der Waals surface area contributed by atoms with Gasteiger partial charge in [-0.3, -0.25) is 4.99 Å². The third-order valence-electron chi connectivity index (χ3n) is 3.21. The molecule has 0 bridgehead atoms. The summed E-state index contributed by atoms with van der Waals surface area (Å²) in [6.45, 7) is 5.60. The van der Waals surface area contributed by atoms with Gasteiger partial charge in [-0.05, 0) is 30.5 Å². The quantitative estimate of drug-likeness (QED) is 0.402. The SMILES string of the molecule is CCCN=C(N)NCCc1ccc(-c2nc(CC)no2)cc1.I. The van der Waals surface area contributed by atoms with Crippen molar-refractivity contribution in [2.24, 2.45) is 10.7 Å². The van der Waals surface area contributed by atoms with Crippen molar-refractivity contribution in [3.63, 3.8) is 0 Å². The van der Waals surface area contributed by atoms with E-state index in [1.54, 1.807) is 0 Å². The summed E-state index contributed by atoms with van der Waals surface area (Å²) < 4.78 is 5.23. The van der Waals surface area contributed by atoms with E-state index in [1.807, 2.05) is 19.1 Å². The van der Waals surface area contributed by atoms with Gasteiger partial charge in [0.25, 0.3) is 5.89 Å². The average molecular weight is 429 g/mol. The molecule has 1 aromatic heterocycles. The van der Waals surface area contributed by atoms with Crippen LogP contribution >= 0.6 is 24.0 Å². The molecule has 0 aliphatic carbocycles. The summed E-state index contributed by atoms with van der Waals surface area (Å²) in [7, 11) is 0. The van der Waals surface area contributed by atoms with Crippen LogP contribution in [-0.4, -0.2) is 29.2 Å². The molecule has 0 radical (unpaired) electrons. The van der Waals surface area contributed by atoms with Gasteiger partial charge in [0.2, 0.25) is 0 Å². The van der Waals surface area contributed by atoms with Crippen LogP contribution < -0.4 is 11.1 Å². The highest BCUT2D eigenvalue weighted by Crippen LogP contribution is 2.18. The molecule has 0 amide bonds. The Morgan fingerprint density at radius 3 is 2.61 bits per heavy atom. The van der Waals surface area contributed by atoms with Crippen molar-refractivity contribution in [3.05, 3.63) is 35.7 Å². The smallest absolute Gasteiger partial charge is 0.257 e. The fraction of sp³-hybridized carbons (Fsp3) is 0.438. The van der Waals surface area contributed by atoms with E-state index in [2.05, 4.69) is 39.5 Å². The molecular weight excluding hydrogens is 405 g/mol. The molecule has 0 aliphatic rings. The lowest BCUT2D eigenvalue weighted by molar-refractivity contribution is 0.423. The Morgan fingerprint density at radius 1 is 1.26 bits per heavy atom. The molecule has 23 heavy (non-hydrogen) atoms. The zero-order valence-electron chi connectivity index (χ0n) is 13.6. The molecule has 3 N–H and O–H groups in total. The molecule has 126 valence electrons. The first kappa shape index (κ1) is 19.4. The van der Waals surface area contributed by atoms with Crippen molar-refractivity contribution in [2.45, 2.75) is 33.1 Å². The molecule has 0 saturated heterocycles. The molecule has 0 saturated carbocycles. The van der Waals surface area contributed by atoms with E-state index in [0.29, 0.717) is 11.9 Å². The van der Waals surface area contributed by atoms with E-state index in [1.165, 1.54) is 5.56 Å². The molecule has 1 aromatic carbocycles. The minimum absolute atomic E-state index is 0. The van der Waals surface area contributed by atoms with Gasteiger partial charge in [0.15, 0.2) is 11.8 Å². The van der Waals surface area contributed by atoms with Crippen molar-refractivity contribution >= 4 is 29.9 Å². The second kappa shape index (κ2) is 10.2. The van der Waals surface area contributed by atoms with E-state index < -0.39 is 0 Å². The number of aryl methyl sites for hydroxylation is 1. The number of guanidine groups is 1. The number of nitrogens with zero attached hydrogens (tertiary/aromatic N) is 3. The number of aromatic nitrogens is 2. The fourth-order valence-electron chi connectivity index (χ4n) is 1.95. The minimum Gasteiger partial charge on any atom is -0.370 e. The maximum atomic E-state index is 5.75. The Hall–Kier alpha value is -1.64. The fourth-order valence-corrected chi connectivity index (χ4v) is 1.95. The molecule has 0 spiro atoms. The normalized spacial score (nSPS) is 11.1. The van der Waals surface area contributed by atoms with Crippen LogP contribution in [0.4, 0.5) is 0 Å². The molecule has 0 atom stereocenters. The van der Waals surface area contributed by atoms with Crippen molar-refractivity contribution in [3.8, 4) is 11.5 Å². The van der Waals surface area contributed by atoms with Crippen LogP contribution in [0.2, 0.25) is 0 Å². The van der Waals surface area contributed by atoms with Crippen LogP contribution in [0.5, 0.6) is 0 Å². The average Bonchev–Trinajstić information content (AvgIpc) is 3.02. The lowest BCUT2D eigenvalue weighted by Crippen LogP contribution is -2.33. The summed E-state index contributed by atoms with van der Waals surface area (Å²) in [4.78, 5) is 8.51. The first-order valence-electron chi connectivity index (χ1n) is 7.68. The highest BCUT2D eigenvalue weighted by atomic mass is 127. The summed E-state index contributed by atoms with van der Waals surface area (Å²) in [6.07, 6.45) is 2.65. The molecule has 0 aliphatic heterocycles. The number of nitrogens with one attached hydrogen (secondary N) is 1. The van der Waals surface area contributed by atoms with Crippen molar-refractivity contribution in [1.29, 1.82) is 0 Å². The van der Waals surface area contributed by atoms with Gasteiger partial charge in [-0.15, -0.1) is 24.0 Å². The van der Waals surface area contributed by atoms with Gasteiger partial charge in [-0.25, -0.2) is 0 Å². The van der Waals surface area contributed by atoms with Crippen molar-refractivity contribution in [1.82, 2.24) is 15.5 Å². The third-order valence-corrected chi connectivity index (χ3v) is 3.21. The Morgan fingerprint density at radius 2 is 2.00 bits per heavy atom. The van der Waals surface area contributed by atoms with Crippen LogP contribution in [0.15, 0.2) is 33.8 Å². The van der Waals surface area contributed by atoms with E-state index in [9.17, 15) is 0 Å². The predicted octanol–water partition coefficient (Wildman–Crippen LogP) is 2.77. The summed E-state index contributed by atoms with van der Waals surface area (Å²) >= 11 is 0. The van der Waals surface area contributed by atoms with E-state index >= 15 is 0 Å². The van der Waals surface area contributed by atoms with Gasteiger partial charge in [0.1, 0.15) is 0 Å². The van der Waals surface area contributed by atoms with Crippen molar-refractivity contribution in [2.75, 3.05) is 13.1 Å². The van der Waals surface area contributed by atoms with E-state index in [0.717, 1.165) is 43.7 Å². The predicted molar refractivity (Wildman–Crippen MR) is 103 cm³/mol. The second-order valence-electron chi connectivity index (χ2n) is 5.01. The number of aliphatic imine (C=N–C) groups is 1. The first-order valence-corrected chi connectivity index (χ1v) is 7.68. The van der Waals surface area contributed by atoms with Crippen LogP contribution in [0.1, 0.15) is 31.7 Å². The van der Waals surface area contributed by atoms with Gasteiger partial charge < -0.3 is 15.6 Å².